The third-order valence-corrected chi connectivity index (χ3v) is 5.91. The number of aliphatic hydroxyl groups is 3. The number of carbonyl (C=O) groups excluding carboxylic acids is 1. The zero-order valence-corrected chi connectivity index (χ0v) is 19.5. The second-order valence-corrected chi connectivity index (χ2v) is 8.32. The number of rotatable bonds is 8. The van der Waals surface area contributed by atoms with E-state index >= 15 is 0 Å². The van der Waals surface area contributed by atoms with Crippen LogP contribution in [0.5, 0.6) is 5.75 Å². The maximum Gasteiger partial charge on any atom is 0.314 e. The minimum Gasteiger partial charge on any atom is -0.494 e. The van der Waals surface area contributed by atoms with Crippen LogP contribution in [-0.2, 0) is 11.2 Å². The summed E-state index contributed by atoms with van der Waals surface area (Å²) < 4.78 is 11.4. The number of ether oxygens (including phenoxy) is 2. The van der Waals surface area contributed by atoms with Gasteiger partial charge >= 0.3 is 6.03 Å². The SMILES string of the molecule is CCNC(=O)NC[C@H]1O[C@@H](c2ccc(Cl)c(Cc3ccc(OCC)cc3)c2)[C@H](O)[C@@H](O)[C@@H]1O. The van der Waals surface area contributed by atoms with Gasteiger partial charge in [0, 0.05) is 18.1 Å². The van der Waals surface area contributed by atoms with Gasteiger partial charge in [0.25, 0.3) is 0 Å². The van der Waals surface area contributed by atoms with Crippen LogP contribution in [0.3, 0.4) is 0 Å². The Balaban J connectivity index is 1.77. The van der Waals surface area contributed by atoms with Crippen molar-refractivity contribution in [1.29, 1.82) is 0 Å². The van der Waals surface area contributed by atoms with Gasteiger partial charge in [-0.25, -0.2) is 4.79 Å². The van der Waals surface area contributed by atoms with E-state index in [0.717, 1.165) is 16.9 Å². The molecule has 1 aliphatic heterocycles. The molecule has 2 aromatic rings. The molecule has 2 amide bonds. The number of hydrogen-bond donors (Lipinski definition) is 5. The number of hydrogen-bond acceptors (Lipinski definition) is 6. The van der Waals surface area contributed by atoms with Crippen LogP contribution in [0.25, 0.3) is 0 Å². The average Bonchev–Trinajstić information content (AvgIpc) is 2.80. The van der Waals surface area contributed by atoms with E-state index in [-0.39, 0.29) is 6.54 Å². The van der Waals surface area contributed by atoms with Crippen LogP contribution >= 0.6 is 11.6 Å². The molecule has 5 N–H and O–H groups in total. The summed E-state index contributed by atoms with van der Waals surface area (Å²) in [6, 6.07) is 12.6. The van der Waals surface area contributed by atoms with Gasteiger partial charge in [-0.15, -0.1) is 0 Å². The van der Waals surface area contributed by atoms with Gasteiger partial charge in [0.1, 0.15) is 36.3 Å². The lowest BCUT2D eigenvalue weighted by Gasteiger charge is -2.41. The highest BCUT2D eigenvalue weighted by Gasteiger charge is 2.44. The molecule has 9 heteroatoms. The summed E-state index contributed by atoms with van der Waals surface area (Å²) in [5.74, 6) is 0.791. The zero-order valence-electron chi connectivity index (χ0n) is 18.7. The van der Waals surface area contributed by atoms with Crippen molar-refractivity contribution in [2.45, 2.75) is 50.8 Å². The summed E-state index contributed by atoms with van der Waals surface area (Å²) in [5, 5.41) is 37.1. The lowest BCUT2D eigenvalue weighted by atomic mass is 9.90. The predicted octanol–water partition coefficient (Wildman–Crippen LogP) is 2.17. The van der Waals surface area contributed by atoms with Gasteiger partial charge in [0.05, 0.1) is 6.61 Å². The van der Waals surface area contributed by atoms with E-state index in [0.29, 0.717) is 30.2 Å². The standard InChI is InChI=1S/C24H31ClN2O6/c1-3-26-24(31)27-13-19-20(28)21(29)22(30)23(33-19)15-7-10-18(25)16(12-15)11-14-5-8-17(9-6-14)32-4-2/h5-10,12,19-23,28-30H,3-4,11,13H2,1-2H3,(H2,26,27,31)/t19-,20-,21+,22-,23+/m1/s1. The summed E-state index contributed by atoms with van der Waals surface area (Å²) >= 11 is 6.43. The van der Waals surface area contributed by atoms with E-state index < -0.39 is 36.6 Å². The Morgan fingerprint density at radius 1 is 1.03 bits per heavy atom. The van der Waals surface area contributed by atoms with Crippen LogP contribution in [0.4, 0.5) is 4.79 Å². The molecule has 3 rings (SSSR count). The third kappa shape index (κ3) is 6.37. The first-order valence-electron chi connectivity index (χ1n) is 11.0. The van der Waals surface area contributed by atoms with E-state index in [4.69, 9.17) is 21.1 Å². The Labute approximate surface area is 198 Å². The molecule has 5 atom stereocenters. The Bertz CT molecular complexity index is 926. The first kappa shape index (κ1) is 25.3. The van der Waals surface area contributed by atoms with Gasteiger partial charge in [-0.3, -0.25) is 0 Å². The highest BCUT2D eigenvalue weighted by Crippen LogP contribution is 2.34. The number of nitrogens with one attached hydrogen (secondary N) is 2. The second-order valence-electron chi connectivity index (χ2n) is 7.91. The molecule has 33 heavy (non-hydrogen) atoms. The fraction of sp³-hybridized carbons (Fsp3) is 0.458. The summed E-state index contributed by atoms with van der Waals surface area (Å²) in [4.78, 5) is 11.7. The highest BCUT2D eigenvalue weighted by molar-refractivity contribution is 6.31. The van der Waals surface area contributed by atoms with Crippen molar-refractivity contribution in [3.05, 3.63) is 64.2 Å². The van der Waals surface area contributed by atoms with Crippen molar-refractivity contribution < 1.29 is 29.6 Å². The van der Waals surface area contributed by atoms with Crippen LogP contribution in [-0.4, -0.2) is 65.5 Å². The normalized spacial score (nSPS) is 24.8. The fourth-order valence-corrected chi connectivity index (χ4v) is 3.99. The van der Waals surface area contributed by atoms with E-state index in [1.807, 2.05) is 37.3 Å². The molecule has 0 aliphatic carbocycles. The smallest absolute Gasteiger partial charge is 0.314 e. The first-order chi connectivity index (χ1) is 15.8. The topological polar surface area (TPSA) is 120 Å². The summed E-state index contributed by atoms with van der Waals surface area (Å²) in [5.41, 5.74) is 2.47. The van der Waals surface area contributed by atoms with Gasteiger partial charge < -0.3 is 35.4 Å². The van der Waals surface area contributed by atoms with Crippen LogP contribution in [0.15, 0.2) is 42.5 Å². The quantitative estimate of drug-likeness (QED) is 0.396. The number of aliphatic hydroxyl groups excluding tert-OH is 3. The molecule has 0 spiro atoms. The van der Waals surface area contributed by atoms with Gasteiger partial charge in [-0.2, -0.15) is 0 Å². The lowest BCUT2D eigenvalue weighted by molar-refractivity contribution is -0.222. The van der Waals surface area contributed by atoms with Gasteiger partial charge in [0.15, 0.2) is 0 Å². The van der Waals surface area contributed by atoms with E-state index in [9.17, 15) is 20.1 Å². The van der Waals surface area contributed by atoms with Crippen molar-refractivity contribution in [1.82, 2.24) is 10.6 Å². The van der Waals surface area contributed by atoms with Crippen molar-refractivity contribution >= 4 is 17.6 Å². The molecule has 0 unspecified atom stereocenters. The highest BCUT2D eigenvalue weighted by atomic mass is 35.5. The van der Waals surface area contributed by atoms with Crippen molar-refractivity contribution in [3.63, 3.8) is 0 Å². The molecule has 1 heterocycles. The summed E-state index contributed by atoms with van der Waals surface area (Å²) in [7, 11) is 0. The molecule has 0 radical (unpaired) electrons. The maximum atomic E-state index is 11.7. The molecule has 0 aromatic heterocycles. The summed E-state index contributed by atoms with van der Waals surface area (Å²) in [6.07, 6.45) is -5.39. The average molecular weight is 479 g/mol. The molecule has 0 bridgehead atoms. The third-order valence-electron chi connectivity index (χ3n) is 5.54. The molecule has 1 aliphatic rings. The van der Waals surface area contributed by atoms with E-state index in [1.54, 1.807) is 19.1 Å². The van der Waals surface area contributed by atoms with Crippen molar-refractivity contribution in [2.75, 3.05) is 19.7 Å². The molecule has 1 saturated heterocycles. The lowest BCUT2D eigenvalue weighted by Crippen LogP contribution is -2.57. The number of halogens is 1. The van der Waals surface area contributed by atoms with Crippen molar-refractivity contribution in [2.24, 2.45) is 0 Å². The van der Waals surface area contributed by atoms with Crippen LogP contribution < -0.4 is 15.4 Å². The first-order valence-corrected chi connectivity index (χ1v) is 11.4. The Morgan fingerprint density at radius 2 is 1.76 bits per heavy atom. The zero-order chi connectivity index (χ0) is 24.0. The number of benzene rings is 2. The van der Waals surface area contributed by atoms with Crippen LogP contribution in [0.2, 0.25) is 5.02 Å². The van der Waals surface area contributed by atoms with Gasteiger partial charge in [-0.05, 0) is 55.2 Å². The van der Waals surface area contributed by atoms with Crippen LogP contribution in [0, 0.1) is 0 Å². The maximum absolute atomic E-state index is 11.7. The van der Waals surface area contributed by atoms with E-state index in [1.165, 1.54) is 0 Å². The second kappa shape index (κ2) is 11.7. The summed E-state index contributed by atoms with van der Waals surface area (Å²) in [6.45, 7) is 4.73. The van der Waals surface area contributed by atoms with E-state index in [2.05, 4.69) is 10.6 Å². The molecule has 2 aromatic carbocycles. The number of carbonyl (C=O) groups is 1. The predicted molar refractivity (Wildman–Crippen MR) is 125 cm³/mol. The van der Waals surface area contributed by atoms with Crippen LogP contribution in [0.1, 0.15) is 36.6 Å². The van der Waals surface area contributed by atoms with Crippen molar-refractivity contribution in [3.8, 4) is 5.75 Å². The Kier molecular flexibility index (Phi) is 8.94. The van der Waals surface area contributed by atoms with Gasteiger partial charge in [0.2, 0.25) is 0 Å². The largest absolute Gasteiger partial charge is 0.494 e. The minimum absolute atomic E-state index is 0.0279. The molecular weight excluding hydrogens is 448 g/mol. The minimum atomic E-state index is -1.44. The molecular formula is C24H31ClN2O6. The Morgan fingerprint density at radius 3 is 2.42 bits per heavy atom. The number of amides is 2. The molecule has 0 saturated carbocycles. The molecule has 180 valence electrons. The van der Waals surface area contributed by atoms with Gasteiger partial charge in [-0.1, -0.05) is 35.9 Å². The fourth-order valence-electron chi connectivity index (χ4n) is 3.81. The molecule has 8 nitrogen and oxygen atoms in total. The number of urea groups is 1. The Hall–Kier alpha value is -2.36. The monoisotopic (exact) mass is 478 g/mol. The molecule has 1 fully saturated rings.